The molecule has 0 amide bonds. The number of hydrogen-bond donors (Lipinski definition) is 3. The van der Waals surface area contributed by atoms with Crippen LogP contribution in [0.4, 0.5) is 10.7 Å². The average Bonchev–Trinajstić information content (AvgIpc) is 2.72. The van der Waals surface area contributed by atoms with Crippen LogP contribution in [0.2, 0.25) is 0 Å². The van der Waals surface area contributed by atoms with Gasteiger partial charge in [0.05, 0.1) is 10.8 Å². The molecule has 0 radical (unpaired) electrons. The Bertz CT molecular complexity index is 1450. The predicted molar refractivity (Wildman–Crippen MR) is 127 cm³/mol. The zero-order chi connectivity index (χ0) is 20.8. The Hall–Kier alpha value is -2.69. The molecule has 0 unspecified atom stereocenters. The first kappa shape index (κ1) is 19.3. The summed E-state index contributed by atoms with van der Waals surface area (Å²) in [7, 11) is 0. The maximum Gasteiger partial charge on any atom is 0.261 e. The number of pyridine rings is 1. The van der Waals surface area contributed by atoms with E-state index in [2.05, 4.69) is 37.0 Å². The Balaban J connectivity index is 1.80. The van der Waals surface area contributed by atoms with Crippen LogP contribution in [0.15, 0.2) is 29.1 Å². The molecule has 0 saturated carbocycles. The molecule has 4 heterocycles. The molecule has 152 valence electrons. The summed E-state index contributed by atoms with van der Waals surface area (Å²) in [6, 6.07) is 8.22. The highest BCUT2D eigenvalue weighted by Gasteiger charge is 2.19. The van der Waals surface area contributed by atoms with Crippen molar-refractivity contribution in [1.82, 2.24) is 19.9 Å². The molecule has 7 nitrogen and oxygen atoms in total. The van der Waals surface area contributed by atoms with E-state index < -0.39 is 0 Å². The number of piperidine rings is 1. The molecular formula is C20H18N6OS3. The van der Waals surface area contributed by atoms with Gasteiger partial charge in [-0.2, -0.15) is 0 Å². The van der Waals surface area contributed by atoms with Crippen LogP contribution in [0.5, 0.6) is 0 Å². The standard InChI is InChI=1S/C20H18N6OS3/c21-15-13-12(10-4-6-11(7-5-10)26-8-2-1-3-9-26)14-17(23-19(28)25-18(14)27)22-16(13)24-20(29)30-15/h4-7H,1-3,8-9,21H2,(H2,22,23,24,25,27,28,29). The van der Waals surface area contributed by atoms with Gasteiger partial charge in [-0.15, -0.1) is 0 Å². The topological polar surface area (TPSA) is 104 Å². The Labute approximate surface area is 185 Å². The molecule has 0 spiro atoms. The van der Waals surface area contributed by atoms with Crippen LogP contribution in [0.3, 0.4) is 0 Å². The number of anilines is 2. The third kappa shape index (κ3) is 3.30. The second kappa shape index (κ2) is 7.53. The first-order valence-corrected chi connectivity index (χ1v) is 11.3. The zero-order valence-corrected chi connectivity index (χ0v) is 18.3. The summed E-state index contributed by atoms with van der Waals surface area (Å²) in [5, 5.41) is 1.51. The fourth-order valence-electron chi connectivity index (χ4n) is 4.04. The number of aromatic nitrogens is 4. The molecule has 4 N–H and O–H groups in total. The molecule has 10 heteroatoms. The zero-order valence-electron chi connectivity index (χ0n) is 15.9. The SMILES string of the molecule is Nc1sc(=S)nc2nc3[nH]c(=S)[nH]c(=O)c3c(-c3ccc(N4CCCCC4)cc3)c12. The smallest absolute Gasteiger partial charge is 0.261 e. The summed E-state index contributed by atoms with van der Waals surface area (Å²) in [6.07, 6.45) is 3.71. The minimum absolute atomic E-state index is 0.205. The van der Waals surface area contributed by atoms with E-state index in [4.69, 9.17) is 30.2 Å². The number of nitrogens with two attached hydrogens (primary N) is 1. The van der Waals surface area contributed by atoms with Crippen molar-refractivity contribution in [3.8, 4) is 11.1 Å². The van der Waals surface area contributed by atoms with Crippen molar-refractivity contribution in [1.29, 1.82) is 0 Å². The lowest BCUT2D eigenvalue weighted by Crippen LogP contribution is -2.29. The van der Waals surface area contributed by atoms with Gasteiger partial charge in [0.15, 0.2) is 14.4 Å². The molecule has 1 saturated heterocycles. The second-order valence-electron chi connectivity index (χ2n) is 7.26. The maximum atomic E-state index is 12.9. The van der Waals surface area contributed by atoms with Crippen molar-refractivity contribution in [2.45, 2.75) is 19.3 Å². The largest absolute Gasteiger partial charge is 0.390 e. The lowest BCUT2D eigenvalue weighted by atomic mass is 9.99. The molecular weight excluding hydrogens is 436 g/mol. The number of nitrogen functional groups attached to an aromatic ring is 1. The number of hydrogen-bond acceptors (Lipinski definition) is 8. The minimum atomic E-state index is -0.315. The van der Waals surface area contributed by atoms with Crippen LogP contribution >= 0.6 is 35.8 Å². The molecule has 1 aromatic carbocycles. The van der Waals surface area contributed by atoms with Crippen LogP contribution in [-0.2, 0) is 0 Å². The van der Waals surface area contributed by atoms with Crippen molar-refractivity contribution in [2.75, 3.05) is 23.7 Å². The molecule has 0 bridgehead atoms. The number of aromatic amines is 2. The van der Waals surface area contributed by atoms with Crippen LogP contribution in [-0.4, -0.2) is 33.0 Å². The summed E-state index contributed by atoms with van der Waals surface area (Å²) >= 11 is 11.6. The predicted octanol–water partition coefficient (Wildman–Crippen LogP) is 4.56. The number of H-pyrrole nitrogens is 2. The second-order valence-corrected chi connectivity index (χ2v) is 9.34. The van der Waals surface area contributed by atoms with E-state index >= 15 is 0 Å². The fourth-order valence-corrected chi connectivity index (χ4v) is 5.20. The maximum absolute atomic E-state index is 12.9. The van der Waals surface area contributed by atoms with Crippen LogP contribution < -0.4 is 16.2 Å². The molecule has 1 aliphatic rings. The van der Waals surface area contributed by atoms with E-state index in [9.17, 15) is 4.79 Å². The molecule has 5 rings (SSSR count). The summed E-state index contributed by atoms with van der Waals surface area (Å²) in [4.78, 5) is 29.8. The van der Waals surface area contributed by atoms with E-state index in [0.717, 1.165) is 18.7 Å². The normalized spacial score (nSPS) is 14.5. The third-order valence-corrected chi connectivity index (χ3v) is 6.62. The highest BCUT2D eigenvalue weighted by Crippen LogP contribution is 2.37. The first-order chi connectivity index (χ1) is 14.5. The van der Waals surface area contributed by atoms with E-state index in [1.165, 1.54) is 36.3 Å². The van der Waals surface area contributed by atoms with Gasteiger partial charge in [0.1, 0.15) is 10.6 Å². The number of rotatable bonds is 2. The average molecular weight is 455 g/mol. The number of nitrogens with one attached hydrogen (secondary N) is 2. The summed E-state index contributed by atoms with van der Waals surface area (Å²) in [5.74, 6) is 0. The molecule has 3 aromatic heterocycles. The van der Waals surface area contributed by atoms with Crippen molar-refractivity contribution < 1.29 is 0 Å². The summed E-state index contributed by atoms with van der Waals surface area (Å²) in [5.41, 5.74) is 9.51. The fraction of sp³-hybridized carbons (Fsp3) is 0.250. The lowest BCUT2D eigenvalue weighted by Gasteiger charge is -2.29. The summed E-state index contributed by atoms with van der Waals surface area (Å²) in [6.45, 7) is 2.13. The van der Waals surface area contributed by atoms with Gasteiger partial charge < -0.3 is 15.6 Å². The number of nitrogens with zero attached hydrogens (tertiary/aromatic N) is 3. The quantitative estimate of drug-likeness (QED) is 0.301. The highest BCUT2D eigenvalue weighted by atomic mass is 32.1. The molecule has 1 fully saturated rings. The van der Waals surface area contributed by atoms with E-state index in [-0.39, 0.29) is 10.3 Å². The van der Waals surface area contributed by atoms with Crippen molar-refractivity contribution in [2.24, 2.45) is 0 Å². The van der Waals surface area contributed by atoms with Gasteiger partial charge in [0, 0.05) is 24.3 Å². The van der Waals surface area contributed by atoms with Crippen LogP contribution in [0.25, 0.3) is 33.2 Å². The van der Waals surface area contributed by atoms with Gasteiger partial charge in [-0.3, -0.25) is 9.78 Å². The molecule has 30 heavy (non-hydrogen) atoms. The first-order valence-electron chi connectivity index (χ1n) is 9.63. The Morgan fingerprint density at radius 1 is 1.00 bits per heavy atom. The molecule has 4 aromatic rings. The number of benzene rings is 1. The van der Waals surface area contributed by atoms with Crippen molar-refractivity contribution >= 4 is 68.5 Å². The molecule has 0 atom stereocenters. The molecule has 0 aliphatic carbocycles. The minimum Gasteiger partial charge on any atom is -0.390 e. The van der Waals surface area contributed by atoms with Crippen molar-refractivity contribution in [3.63, 3.8) is 0 Å². The van der Waals surface area contributed by atoms with Gasteiger partial charge in [-0.1, -0.05) is 23.5 Å². The van der Waals surface area contributed by atoms with Gasteiger partial charge >= 0.3 is 0 Å². The summed E-state index contributed by atoms with van der Waals surface area (Å²) < 4.78 is 0.595. The van der Waals surface area contributed by atoms with Crippen LogP contribution in [0, 0.1) is 8.73 Å². The lowest BCUT2D eigenvalue weighted by molar-refractivity contribution is 0.578. The highest BCUT2D eigenvalue weighted by molar-refractivity contribution is 7.73. The van der Waals surface area contributed by atoms with E-state index in [1.807, 2.05) is 12.1 Å². The van der Waals surface area contributed by atoms with Gasteiger partial charge in [0.2, 0.25) is 0 Å². The third-order valence-electron chi connectivity index (χ3n) is 5.38. The monoisotopic (exact) mass is 454 g/mol. The number of fused-ring (bicyclic) bond motifs is 2. The van der Waals surface area contributed by atoms with Gasteiger partial charge in [0.25, 0.3) is 5.56 Å². The molecule has 1 aliphatic heterocycles. The van der Waals surface area contributed by atoms with E-state index in [0.29, 0.717) is 36.6 Å². The van der Waals surface area contributed by atoms with Crippen molar-refractivity contribution in [3.05, 3.63) is 43.3 Å². The Morgan fingerprint density at radius 2 is 1.73 bits per heavy atom. The van der Waals surface area contributed by atoms with Gasteiger partial charge in [-0.25, -0.2) is 9.97 Å². The van der Waals surface area contributed by atoms with E-state index in [1.54, 1.807) is 0 Å². The Kier molecular flexibility index (Phi) is 4.84. The Morgan fingerprint density at radius 3 is 2.47 bits per heavy atom. The van der Waals surface area contributed by atoms with Gasteiger partial charge in [-0.05, 0) is 61.4 Å². The van der Waals surface area contributed by atoms with Crippen LogP contribution in [0.1, 0.15) is 19.3 Å².